The average molecular weight is 303 g/mol. The minimum atomic E-state index is -3.82. The van der Waals surface area contributed by atoms with Crippen LogP contribution >= 0.6 is 19.5 Å². The van der Waals surface area contributed by atoms with Crippen molar-refractivity contribution >= 4 is 25.2 Å². The standard InChI is InChI=1S/C13H22NO3PS/c1-6-17-18(15,16)14(10(2)3)12-9-11(4)7-8-13(12)19-5/h7-10H,6H2,1-5H3,(H,15,16). The number of hydrogen-bond donors (Lipinski definition) is 1. The van der Waals surface area contributed by atoms with Gasteiger partial charge in [0.05, 0.1) is 12.3 Å². The maximum absolute atomic E-state index is 12.4. The Morgan fingerprint density at radius 1 is 1.47 bits per heavy atom. The smallest absolute Gasteiger partial charge is 0.308 e. The van der Waals surface area contributed by atoms with Crippen LogP contribution in [-0.2, 0) is 9.09 Å². The number of nitrogens with zero attached hydrogens (tertiary/aromatic N) is 1. The lowest BCUT2D eigenvalue weighted by molar-refractivity contribution is 0.268. The van der Waals surface area contributed by atoms with Crippen LogP contribution in [0.25, 0.3) is 0 Å². The van der Waals surface area contributed by atoms with Crippen LogP contribution in [0.15, 0.2) is 23.1 Å². The minimum Gasteiger partial charge on any atom is -0.308 e. The predicted octanol–water partition coefficient (Wildman–Crippen LogP) is 4.07. The zero-order valence-electron chi connectivity index (χ0n) is 12.1. The van der Waals surface area contributed by atoms with E-state index in [0.29, 0.717) is 0 Å². The molecular formula is C13H22NO3PS. The molecule has 0 saturated carbocycles. The molecule has 0 fully saturated rings. The summed E-state index contributed by atoms with van der Waals surface area (Å²) in [6.07, 6.45) is 1.95. The molecule has 0 heterocycles. The molecule has 0 aromatic heterocycles. The molecule has 0 bridgehead atoms. The van der Waals surface area contributed by atoms with Gasteiger partial charge >= 0.3 is 7.75 Å². The fraction of sp³-hybridized carbons (Fsp3) is 0.538. The van der Waals surface area contributed by atoms with E-state index in [0.717, 1.165) is 16.1 Å². The summed E-state index contributed by atoms with van der Waals surface area (Å²) in [5.74, 6) is 0. The molecule has 1 N–H and O–H groups in total. The Hall–Kier alpha value is -0.480. The van der Waals surface area contributed by atoms with E-state index in [1.54, 1.807) is 18.7 Å². The molecule has 1 atom stereocenters. The summed E-state index contributed by atoms with van der Waals surface area (Å²) in [7, 11) is -3.82. The lowest BCUT2D eigenvalue weighted by Gasteiger charge is -2.33. The number of rotatable bonds is 6. The molecule has 1 rings (SSSR count). The van der Waals surface area contributed by atoms with Crippen LogP contribution < -0.4 is 4.67 Å². The quantitative estimate of drug-likeness (QED) is 0.634. The molecule has 6 heteroatoms. The SMILES string of the molecule is CCOP(=O)(O)N(c1cc(C)ccc1SC)C(C)C. The molecule has 0 aliphatic rings. The maximum atomic E-state index is 12.4. The van der Waals surface area contributed by atoms with Crippen molar-refractivity contribution in [3.63, 3.8) is 0 Å². The van der Waals surface area contributed by atoms with Gasteiger partial charge < -0.3 is 4.89 Å². The number of thioether (sulfide) groups is 1. The second kappa shape index (κ2) is 6.80. The second-order valence-corrected chi connectivity index (χ2v) is 7.04. The summed E-state index contributed by atoms with van der Waals surface area (Å²) in [6, 6.07) is 5.76. The van der Waals surface area contributed by atoms with Gasteiger partial charge in [-0.05, 0) is 51.6 Å². The maximum Gasteiger partial charge on any atom is 0.432 e. The summed E-state index contributed by atoms with van der Waals surface area (Å²) in [4.78, 5) is 11.1. The molecule has 108 valence electrons. The molecule has 0 aliphatic heterocycles. The van der Waals surface area contributed by atoms with Gasteiger partial charge in [0, 0.05) is 10.9 Å². The van der Waals surface area contributed by atoms with Gasteiger partial charge in [0.2, 0.25) is 0 Å². The summed E-state index contributed by atoms with van der Waals surface area (Å²) in [6.45, 7) is 7.66. The molecule has 0 saturated heterocycles. The number of benzene rings is 1. The summed E-state index contributed by atoms with van der Waals surface area (Å²) in [5, 5.41) is 0. The van der Waals surface area contributed by atoms with Crippen LogP contribution in [0.1, 0.15) is 26.3 Å². The Morgan fingerprint density at radius 3 is 2.58 bits per heavy atom. The van der Waals surface area contributed by atoms with Gasteiger partial charge in [-0.3, -0.25) is 9.19 Å². The Bertz CT molecular complexity index is 479. The van der Waals surface area contributed by atoms with Crippen molar-refractivity contribution < 1.29 is 14.0 Å². The highest BCUT2D eigenvalue weighted by Gasteiger charge is 2.33. The number of hydrogen-bond acceptors (Lipinski definition) is 3. The van der Waals surface area contributed by atoms with Gasteiger partial charge in [-0.15, -0.1) is 11.8 Å². The normalized spacial score (nSPS) is 14.5. The van der Waals surface area contributed by atoms with E-state index in [1.807, 2.05) is 45.2 Å². The molecule has 1 unspecified atom stereocenters. The molecule has 0 radical (unpaired) electrons. The largest absolute Gasteiger partial charge is 0.432 e. The highest BCUT2D eigenvalue weighted by Crippen LogP contribution is 2.52. The third-order valence-electron chi connectivity index (χ3n) is 2.64. The second-order valence-electron chi connectivity index (χ2n) is 4.52. The van der Waals surface area contributed by atoms with Crippen LogP contribution in [0.2, 0.25) is 0 Å². The van der Waals surface area contributed by atoms with Crippen molar-refractivity contribution in [2.24, 2.45) is 0 Å². The summed E-state index contributed by atoms with van der Waals surface area (Å²) < 4.78 is 18.9. The molecule has 4 nitrogen and oxygen atoms in total. The van der Waals surface area contributed by atoms with Crippen molar-refractivity contribution in [1.82, 2.24) is 0 Å². The lowest BCUT2D eigenvalue weighted by atomic mass is 10.2. The van der Waals surface area contributed by atoms with Crippen molar-refractivity contribution in [3.05, 3.63) is 23.8 Å². The van der Waals surface area contributed by atoms with E-state index in [2.05, 4.69) is 0 Å². The average Bonchev–Trinajstić information content (AvgIpc) is 2.28. The van der Waals surface area contributed by atoms with Crippen LogP contribution in [0.4, 0.5) is 5.69 Å². The van der Waals surface area contributed by atoms with E-state index in [4.69, 9.17) is 4.52 Å². The molecule has 1 aromatic carbocycles. The van der Waals surface area contributed by atoms with Gasteiger partial charge in [-0.1, -0.05) is 6.07 Å². The molecule has 19 heavy (non-hydrogen) atoms. The van der Waals surface area contributed by atoms with Gasteiger partial charge in [-0.25, -0.2) is 4.57 Å². The Labute approximate surface area is 119 Å². The van der Waals surface area contributed by atoms with E-state index < -0.39 is 7.75 Å². The van der Waals surface area contributed by atoms with Gasteiger partial charge in [-0.2, -0.15) is 0 Å². The summed E-state index contributed by atoms with van der Waals surface area (Å²) in [5.41, 5.74) is 1.80. The van der Waals surface area contributed by atoms with Crippen molar-refractivity contribution in [2.75, 3.05) is 17.5 Å². The third-order valence-corrected chi connectivity index (χ3v) is 5.24. The van der Waals surface area contributed by atoms with Crippen LogP contribution in [0, 0.1) is 6.92 Å². The first-order valence-corrected chi connectivity index (χ1v) is 9.00. The highest BCUT2D eigenvalue weighted by atomic mass is 32.2. The van der Waals surface area contributed by atoms with Crippen LogP contribution in [-0.4, -0.2) is 23.8 Å². The number of anilines is 1. The Balaban J connectivity index is 3.34. The molecule has 0 spiro atoms. The zero-order chi connectivity index (χ0) is 14.6. The monoisotopic (exact) mass is 303 g/mol. The first kappa shape index (κ1) is 16.6. The van der Waals surface area contributed by atoms with Crippen molar-refractivity contribution in [3.8, 4) is 0 Å². The van der Waals surface area contributed by atoms with Gasteiger partial charge in [0.1, 0.15) is 0 Å². The highest BCUT2D eigenvalue weighted by molar-refractivity contribution is 7.98. The third kappa shape index (κ3) is 3.99. The first-order chi connectivity index (χ1) is 8.83. The van der Waals surface area contributed by atoms with Crippen molar-refractivity contribution in [2.45, 2.75) is 38.6 Å². The van der Waals surface area contributed by atoms with Crippen molar-refractivity contribution in [1.29, 1.82) is 0 Å². The van der Waals surface area contributed by atoms with Crippen LogP contribution in [0.5, 0.6) is 0 Å². The van der Waals surface area contributed by atoms with E-state index in [-0.39, 0.29) is 12.6 Å². The molecule has 0 aliphatic carbocycles. The minimum absolute atomic E-state index is 0.130. The molecular weight excluding hydrogens is 281 g/mol. The van der Waals surface area contributed by atoms with E-state index >= 15 is 0 Å². The van der Waals surface area contributed by atoms with Gasteiger partial charge in [0.25, 0.3) is 0 Å². The zero-order valence-corrected chi connectivity index (χ0v) is 13.8. The van der Waals surface area contributed by atoms with Crippen LogP contribution in [0.3, 0.4) is 0 Å². The summed E-state index contributed by atoms with van der Waals surface area (Å²) >= 11 is 1.55. The van der Waals surface area contributed by atoms with E-state index in [9.17, 15) is 9.46 Å². The topological polar surface area (TPSA) is 49.8 Å². The molecule has 1 aromatic rings. The number of aryl methyl sites for hydroxylation is 1. The lowest BCUT2D eigenvalue weighted by Crippen LogP contribution is -2.29. The van der Waals surface area contributed by atoms with Gasteiger partial charge in [0.15, 0.2) is 0 Å². The fourth-order valence-corrected chi connectivity index (χ4v) is 4.04. The fourth-order valence-electron chi connectivity index (χ4n) is 1.92. The predicted molar refractivity (Wildman–Crippen MR) is 82.0 cm³/mol. The molecule has 0 amide bonds. The Morgan fingerprint density at radius 2 is 2.11 bits per heavy atom. The Kier molecular flexibility index (Phi) is 5.93. The first-order valence-electron chi connectivity index (χ1n) is 6.25. The van der Waals surface area contributed by atoms with E-state index in [1.165, 1.54) is 4.67 Å².